The number of ether oxygens (including phenoxy) is 1. The molecule has 0 bridgehead atoms. The first-order chi connectivity index (χ1) is 7.20. The van der Waals surface area contributed by atoms with E-state index in [1.54, 1.807) is 0 Å². The lowest BCUT2D eigenvalue weighted by molar-refractivity contribution is -0.143. The molecule has 3 nitrogen and oxygen atoms in total. The summed E-state index contributed by atoms with van der Waals surface area (Å²) in [6.45, 7) is 5.29. The molecule has 0 heterocycles. The summed E-state index contributed by atoms with van der Waals surface area (Å²) in [7, 11) is 0. The molecule has 0 saturated carbocycles. The zero-order valence-electron chi connectivity index (χ0n) is 9.46. The lowest BCUT2D eigenvalue weighted by Crippen LogP contribution is -2.11. The van der Waals surface area contributed by atoms with Crippen LogP contribution in [0.25, 0.3) is 0 Å². The second-order valence-electron chi connectivity index (χ2n) is 3.51. The molecular formula is C12H20O3. The molecule has 0 rings (SSSR count). The summed E-state index contributed by atoms with van der Waals surface area (Å²) in [6.07, 6.45) is 7.14. The van der Waals surface area contributed by atoms with E-state index in [1.165, 1.54) is 19.3 Å². The normalized spacial score (nSPS) is 9.67. The number of Topliss-reactive ketones (excluding diaryl/α,β-unsaturated/α-hetero) is 1. The minimum Gasteiger partial charge on any atom is -0.455 e. The fourth-order valence-corrected chi connectivity index (χ4v) is 1.21. The molecule has 0 aromatic heterocycles. The monoisotopic (exact) mass is 212 g/mol. The summed E-state index contributed by atoms with van der Waals surface area (Å²) in [5.74, 6) is -0.545. The predicted octanol–water partition coefficient (Wildman–Crippen LogP) is 2.65. The maximum Gasteiger partial charge on any atom is 0.330 e. The van der Waals surface area contributed by atoms with Gasteiger partial charge in [0.25, 0.3) is 0 Å². The molecule has 15 heavy (non-hydrogen) atoms. The number of esters is 1. The van der Waals surface area contributed by atoms with E-state index in [2.05, 4.69) is 18.2 Å². The first-order valence-corrected chi connectivity index (χ1v) is 5.51. The Kier molecular flexibility index (Phi) is 8.73. The smallest absolute Gasteiger partial charge is 0.330 e. The van der Waals surface area contributed by atoms with Crippen molar-refractivity contribution in [3.05, 3.63) is 12.7 Å². The third-order valence-electron chi connectivity index (χ3n) is 2.10. The molecule has 3 heteroatoms. The summed E-state index contributed by atoms with van der Waals surface area (Å²) < 4.78 is 4.62. The lowest BCUT2D eigenvalue weighted by atomic mass is 10.1. The van der Waals surface area contributed by atoms with Crippen molar-refractivity contribution < 1.29 is 14.3 Å². The molecule has 0 spiro atoms. The van der Waals surface area contributed by atoms with E-state index < -0.39 is 5.97 Å². The van der Waals surface area contributed by atoms with Crippen molar-refractivity contribution in [3.63, 3.8) is 0 Å². The minimum absolute atomic E-state index is 0.0123. The fourth-order valence-electron chi connectivity index (χ4n) is 1.21. The molecule has 0 unspecified atom stereocenters. The van der Waals surface area contributed by atoms with Gasteiger partial charge >= 0.3 is 5.97 Å². The zero-order valence-corrected chi connectivity index (χ0v) is 9.46. The van der Waals surface area contributed by atoms with Crippen LogP contribution >= 0.6 is 0 Å². The van der Waals surface area contributed by atoms with Crippen LogP contribution < -0.4 is 0 Å². The van der Waals surface area contributed by atoms with Crippen molar-refractivity contribution in [2.45, 2.75) is 45.4 Å². The molecule has 0 N–H and O–H groups in total. The van der Waals surface area contributed by atoms with Gasteiger partial charge in [-0.2, -0.15) is 0 Å². The third-order valence-corrected chi connectivity index (χ3v) is 2.10. The van der Waals surface area contributed by atoms with E-state index in [9.17, 15) is 9.59 Å². The van der Waals surface area contributed by atoms with Crippen molar-refractivity contribution in [1.82, 2.24) is 0 Å². The van der Waals surface area contributed by atoms with Gasteiger partial charge in [0.2, 0.25) is 0 Å². The second-order valence-corrected chi connectivity index (χ2v) is 3.51. The van der Waals surface area contributed by atoms with E-state index in [-0.39, 0.29) is 12.4 Å². The molecule has 86 valence electrons. The molecular weight excluding hydrogens is 192 g/mol. The number of ketones is 1. The maximum absolute atomic E-state index is 11.2. The van der Waals surface area contributed by atoms with Gasteiger partial charge < -0.3 is 4.74 Å². The van der Waals surface area contributed by atoms with E-state index >= 15 is 0 Å². The Bertz CT molecular complexity index is 209. The van der Waals surface area contributed by atoms with Gasteiger partial charge in [-0.15, -0.1) is 0 Å². The van der Waals surface area contributed by atoms with Crippen molar-refractivity contribution >= 4 is 11.8 Å². The first kappa shape index (κ1) is 13.9. The Morgan fingerprint density at radius 3 is 2.47 bits per heavy atom. The SMILES string of the molecule is C=CC(=O)OCC(=O)CCCCCCC. The van der Waals surface area contributed by atoms with Gasteiger partial charge in [0, 0.05) is 12.5 Å². The Hall–Kier alpha value is -1.12. The number of rotatable bonds is 9. The Balaban J connectivity index is 3.33. The van der Waals surface area contributed by atoms with Gasteiger partial charge in [-0.3, -0.25) is 4.79 Å². The molecule has 0 amide bonds. The summed E-state index contributed by atoms with van der Waals surface area (Å²) >= 11 is 0. The highest BCUT2D eigenvalue weighted by molar-refractivity contribution is 5.86. The maximum atomic E-state index is 11.2. The molecule has 0 aromatic carbocycles. The largest absolute Gasteiger partial charge is 0.455 e. The topological polar surface area (TPSA) is 43.4 Å². The quantitative estimate of drug-likeness (QED) is 0.335. The number of hydrogen-bond donors (Lipinski definition) is 0. The van der Waals surface area contributed by atoms with Gasteiger partial charge in [0.05, 0.1) is 0 Å². The fraction of sp³-hybridized carbons (Fsp3) is 0.667. The molecule has 0 fully saturated rings. The highest BCUT2D eigenvalue weighted by Crippen LogP contribution is 2.05. The van der Waals surface area contributed by atoms with Gasteiger partial charge in [0.1, 0.15) is 6.61 Å². The van der Waals surface area contributed by atoms with Crippen molar-refractivity contribution in [2.75, 3.05) is 6.61 Å². The van der Waals surface area contributed by atoms with Crippen LogP contribution in [0.4, 0.5) is 0 Å². The number of carbonyl (C=O) groups excluding carboxylic acids is 2. The minimum atomic E-state index is -0.533. The average Bonchev–Trinajstić information content (AvgIpc) is 2.25. The molecule has 0 aliphatic heterocycles. The Labute approximate surface area is 91.5 Å². The average molecular weight is 212 g/mol. The van der Waals surface area contributed by atoms with Gasteiger partial charge in [0.15, 0.2) is 5.78 Å². The Morgan fingerprint density at radius 2 is 1.87 bits per heavy atom. The summed E-state index contributed by atoms with van der Waals surface area (Å²) in [5.41, 5.74) is 0. The molecule has 0 aliphatic rings. The second kappa shape index (κ2) is 9.44. The molecule has 0 aliphatic carbocycles. The molecule has 0 saturated heterocycles. The standard InChI is InChI=1S/C12H20O3/c1-3-5-6-7-8-9-11(13)10-15-12(14)4-2/h4H,2-3,5-10H2,1H3. The van der Waals surface area contributed by atoms with Crippen LogP contribution in [0.3, 0.4) is 0 Å². The van der Waals surface area contributed by atoms with Crippen molar-refractivity contribution in [3.8, 4) is 0 Å². The number of hydrogen-bond acceptors (Lipinski definition) is 3. The Morgan fingerprint density at radius 1 is 1.20 bits per heavy atom. The van der Waals surface area contributed by atoms with Gasteiger partial charge in [-0.05, 0) is 6.42 Å². The molecule has 0 atom stereocenters. The highest BCUT2D eigenvalue weighted by Gasteiger charge is 2.04. The van der Waals surface area contributed by atoms with E-state index in [4.69, 9.17) is 0 Å². The number of carbonyl (C=O) groups is 2. The van der Waals surface area contributed by atoms with Gasteiger partial charge in [-0.1, -0.05) is 39.2 Å². The first-order valence-electron chi connectivity index (χ1n) is 5.51. The molecule has 0 aromatic rings. The van der Waals surface area contributed by atoms with Crippen LogP contribution in [0, 0.1) is 0 Å². The van der Waals surface area contributed by atoms with Crippen LogP contribution in [0.5, 0.6) is 0 Å². The van der Waals surface area contributed by atoms with Crippen LogP contribution in [0.1, 0.15) is 45.4 Å². The van der Waals surface area contributed by atoms with Crippen LogP contribution in [-0.4, -0.2) is 18.4 Å². The summed E-state index contributed by atoms with van der Waals surface area (Å²) in [4.78, 5) is 21.8. The summed E-state index contributed by atoms with van der Waals surface area (Å²) in [5, 5.41) is 0. The molecule has 0 radical (unpaired) electrons. The zero-order chi connectivity index (χ0) is 11.5. The predicted molar refractivity (Wildman–Crippen MR) is 59.5 cm³/mol. The third kappa shape index (κ3) is 9.19. The van der Waals surface area contributed by atoms with Crippen LogP contribution in [-0.2, 0) is 14.3 Å². The van der Waals surface area contributed by atoms with Crippen molar-refractivity contribution in [2.24, 2.45) is 0 Å². The van der Waals surface area contributed by atoms with Crippen LogP contribution in [0.15, 0.2) is 12.7 Å². The van der Waals surface area contributed by atoms with Crippen molar-refractivity contribution in [1.29, 1.82) is 0 Å². The number of unbranched alkanes of at least 4 members (excludes halogenated alkanes) is 4. The van der Waals surface area contributed by atoms with E-state index in [1.807, 2.05) is 0 Å². The van der Waals surface area contributed by atoms with Crippen LogP contribution in [0.2, 0.25) is 0 Å². The van der Waals surface area contributed by atoms with E-state index in [0.717, 1.165) is 18.9 Å². The summed E-state index contributed by atoms with van der Waals surface area (Å²) in [6, 6.07) is 0. The highest BCUT2D eigenvalue weighted by atomic mass is 16.5. The van der Waals surface area contributed by atoms with E-state index in [0.29, 0.717) is 6.42 Å². The lowest BCUT2D eigenvalue weighted by Gasteiger charge is -2.01. The van der Waals surface area contributed by atoms with Gasteiger partial charge in [-0.25, -0.2) is 4.79 Å².